The van der Waals surface area contributed by atoms with Gasteiger partial charge in [0, 0.05) is 44.0 Å². The Labute approximate surface area is 534 Å². The van der Waals surface area contributed by atoms with Crippen molar-refractivity contribution in [3.8, 4) is 96.3 Å². The van der Waals surface area contributed by atoms with Gasteiger partial charge in [-0.2, -0.15) is 9.97 Å². The lowest BCUT2D eigenvalue weighted by molar-refractivity contribution is 0.954. The van der Waals surface area contributed by atoms with E-state index in [4.69, 9.17) is 140 Å². The lowest BCUT2D eigenvalue weighted by atomic mass is 9.56. The van der Waals surface area contributed by atoms with Crippen molar-refractivity contribution >= 4 is 230 Å². The van der Waals surface area contributed by atoms with Crippen LogP contribution < -0.4 is 76.5 Å². The summed E-state index contributed by atoms with van der Waals surface area (Å²) in [5.74, 6) is 1.20. The first-order valence-electron chi connectivity index (χ1n) is 28.3. The number of rotatable bonds is 9. The molecule has 382 valence electrons. The molecule has 0 fully saturated rings. The number of benzene rings is 11. The van der Waals surface area contributed by atoms with Crippen molar-refractivity contribution in [1.82, 2.24) is 34.5 Å². The highest BCUT2D eigenvalue weighted by Crippen LogP contribution is 2.47. The maximum absolute atomic E-state index is 7.22. The summed E-state index contributed by atoms with van der Waals surface area (Å²) in [5.41, 5.74) is 6.98. The van der Waals surface area contributed by atoms with Gasteiger partial charge in [0.25, 0.3) is 0 Å². The normalized spacial score (nSPS) is 11.4. The van der Waals surface area contributed by atoms with Gasteiger partial charge in [-0.05, 0) is 79.9 Å². The van der Waals surface area contributed by atoms with Crippen LogP contribution in [0, 0.1) is 0 Å². The maximum atomic E-state index is 7.22. The first-order valence-corrected chi connectivity index (χ1v) is 28.3. The van der Waals surface area contributed by atoms with Crippen molar-refractivity contribution in [1.29, 1.82) is 0 Å². The zero-order valence-electron chi connectivity index (χ0n) is 48.3. The topological polar surface area (TPSA) is 82.3 Å². The zero-order valence-corrected chi connectivity index (χ0v) is 48.3. The average Bonchev–Trinajstić information content (AvgIpc) is 1.60. The van der Waals surface area contributed by atoms with E-state index in [-0.39, 0.29) is 116 Å². The van der Waals surface area contributed by atoms with Crippen LogP contribution in [0.3, 0.4) is 0 Å². The second-order valence-electron chi connectivity index (χ2n) is 21.2. The molecular formula is C68H33B14N7. The molecule has 3 aromatic heterocycles. The number of hydrogen-bond acceptors (Lipinski definition) is 6. The van der Waals surface area contributed by atoms with Gasteiger partial charge in [0.15, 0.2) is 29.1 Å². The third-order valence-electron chi connectivity index (χ3n) is 16.4. The Morgan fingerprint density at radius 1 is 0.247 bits per heavy atom. The molecule has 89 heavy (non-hydrogen) atoms. The molecule has 0 aliphatic carbocycles. The summed E-state index contributed by atoms with van der Waals surface area (Å²) in [4.78, 5) is 31.4. The van der Waals surface area contributed by atoms with Crippen molar-refractivity contribution in [3.63, 3.8) is 0 Å². The third-order valence-corrected chi connectivity index (χ3v) is 16.4. The van der Waals surface area contributed by atoms with Crippen LogP contribution in [0.25, 0.3) is 140 Å². The molecule has 28 radical (unpaired) electrons. The number of fused-ring (bicyclic) bond motifs is 3. The Bertz CT molecular complexity index is 5080. The van der Waals surface area contributed by atoms with Gasteiger partial charge in [0.2, 0.25) is 5.95 Å². The SMILES string of the molecule is CC.[B]c1c([B])c([B])c(-c2nc(-c3c([B])c([B])c([B])c(-c4c([B])c([B])c([B])c([B])c4[B])c3[B])nc(-c3ccc4c5c3c3ccccc3c3cccc(c35)n4-c3nc(-c4cccc(-c5ccccc5)c4)nc(-c4cccc(-c5ccccc5)c4)n3)n2)c([B])c1[B]. The standard InChI is InChI=1S/C66H27B14N7.C2H6/c67-47-43(44-49(69)55(75)59(79)56(76)50(44)70)48(68)54(74)51(71)45(47)64-82-63(83-65(84-64)46-52(72)57(77)60(80)58(78)53(46)73)37-24-25-39-42-40(37)35-21-8-7-20-34(35)36-22-11-23-38(41(36)42)87(39)66-85-61(32-18-9-16-30(26-32)28-12-3-1-4-13-28)81-62(86-66)33-19-10-17-31(27-33)29-14-5-2-6-15-29;1-2/h1-27H;1-2H3. The van der Waals surface area contributed by atoms with Crippen LogP contribution in [0.15, 0.2) is 164 Å². The lowest BCUT2D eigenvalue weighted by Gasteiger charge is -2.28. The number of nitrogens with zero attached hydrogens (tertiary/aromatic N) is 7. The van der Waals surface area contributed by atoms with Gasteiger partial charge in [-0.1, -0.05) is 186 Å². The first kappa shape index (κ1) is 58.9. The molecule has 21 heteroatoms. The van der Waals surface area contributed by atoms with E-state index < -0.39 is 0 Å². The highest BCUT2D eigenvalue weighted by atomic mass is 15.2. The van der Waals surface area contributed by atoms with E-state index in [9.17, 15) is 0 Å². The molecular weight excluding hydrogens is 1070 g/mol. The fraction of sp³-hybridized carbons (Fsp3) is 0.0294. The van der Waals surface area contributed by atoms with Crippen LogP contribution in [0.5, 0.6) is 0 Å². The smallest absolute Gasteiger partial charge is 0.238 e. The highest BCUT2D eigenvalue weighted by molar-refractivity contribution is 6.71. The summed E-state index contributed by atoms with van der Waals surface area (Å²) in [6.07, 6.45) is 0. The second-order valence-corrected chi connectivity index (χ2v) is 21.2. The summed E-state index contributed by atoms with van der Waals surface area (Å²) in [6.45, 7) is 4.00. The lowest BCUT2D eigenvalue weighted by Crippen LogP contribution is -2.57. The minimum absolute atomic E-state index is 0.00182. The van der Waals surface area contributed by atoms with Crippen molar-refractivity contribution in [2.45, 2.75) is 13.8 Å². The monoisotopic (exact) mass is 1100 g/mol. The van der Waals surface area contributed by atoms with E-state index in [1.807, 2.05) is 111 Å². The Hall–Kier alpha value is -9.07. The Morgan fingerprint density at radius 2 is 0.596 bits per heavy atom. The quantitative estimate of drug-likeness (QED) is 0.154. The largest absolute Gasteiger partial charge is 0.278 e. The molecule has 11 aromatic carbocycles. The van der Waals surface area contributed by atoms with Gasteiger partial charge in [0.1, 0.15) is 110 Å². The maximum Gasteiger partial charge on any atom is 0.238 e. The Balaban J connectivity index is 0.00000361. The van der Waals surface area contributed by atoms with Gasteiger partial charge in [-0.25, -0.2) is 19.9 Å². The molecule has 3 heterocycles. The Kier molecular flexibility index (Phi) is 15.3. The Morgan fingerprint density at radius 3 is 1.11 bits per heavy atom. The van der Waals surface area contributed by atoms with Gasteiger partial charge in [-0.3, -0.25) is 4.57 Å². The van der Waals surface area contributed by atoms with Gasteiger partial charge in [0.05, 0.1) is 11.0 Å². The van der Waals surface area contributed by atoms with Crippen molar-refractivity contribution in [3.05, 3.63) is 164 Å². The number of hydrogen-bond donors (Lipinski definition) is 0. The summed E-state index contributed by atoms with van der Waals surface area (Å²) >= 11 is 0. The molecule has 0 atom stereocenters. The van der Waals surface area contributed by atoms with E-state index >= 15 is 0 Å². The zero-order chi connectivity index (χ0) is 62.4. The third kappa shape index (κ3) is 9.57. The molecule has 0 aliphatic rings. The molecule has 14 aromatic rings. The van der Waals surface area contributed by atoms with Crippen molar-refractivity contribution < 1.29 is 0 Å². The fourth-order valence-electron chi connectivity index (χ4n) is 11.9. The number of aromatic nitrogens is 7. The van der Waals surface area contributed by atoms with E-state index in [0.29, 0.717) is 23.2 Å². The molecule has 0 bridgehead atoms. The van der Waals surface area contributed by atoms with Crippen molar-refractivity contribution in [2.24, 2.45) is 0 Å². The molecule has 0 saturated heterocycles. The summed E-state index contributed by atoms with van der Waals surface area (Å²) in [5, 5.41) is 5.25. The van der Waals surface area contributed by atoms with Crippen LogP contribution in [-0.2, 0) is 0 Å². The first-order chi connectivity index (χ1) is 43.0. The molecule has 0 saturated carbocycles. The molecule has 0 aliphatic heterocycles. The minimum Gasteiger partial charge on any atom is -0.278 e. The molecule has 0 spiro atoms. The predicted octanol–water partition coefficient (Wildman–Crippen LogP) is 0.373. The van der Waals surface area contributed by atoms with Gasteiger partial charge in [-0.15, -0.1) is 38.2 Å². The van der Waals surface area contributed by atoms with E-state index in [2.05, 4.69) is 71.3 Å². The second kappa shape index (κ2) is 23.1. The molecule has 14 rings (SSSR count). The predicted molar refractivity (Wildman–Crippen MR) is 384 cm³/mol. The molecule has 7 nitrogen and oxygen atoms in total. The fourth-order valence-corrected chi connectivity index (χ4v) is 11.9. The van der Waals surface area contributed by atoms with E-state index in [1.54, 1.807) is 0 Å². The summed E-state index contributed by atoms with van der Waals surface area (Å²) in [7, 11) is 93.2. The van der Waals surface area contributed by atoms with Gasteiger partial charge >= 0.3 is 0 Å². The van der Waals surface area contributed by atoms with Crippen LogP contribution >= 0.6 is 0 Å². The summed E-state index contributed by atoms with van der Waals surface area (Å²) < 4.78 is 2.07. The van der Waals surface area contributed by atoms with E-state index in [1.165, 1.54) is 0 Å². The molecule has 0 N–H and O–H groups in total. The van der Waals surface area contributed by atoms with Crippen LogP contribution in [-0.4, -0.2) is 144 Å². The molecule has 0 amide bonds. The van der Waals surface area contributed by atoms with Crippen LogP contribution in [0.4, 0.5) is 0 Å². The van der Waals surface area contributed by atoms with Crippen molar-refractivity contribution in [2.75, 3.05) is 0 Å². The highest BCUT2D eigenvalue weighted by Gasteiger charge is 2.29. The van der Waals surface area contributed by atoms with Crippen LogP contribution in [0.1, 0.15) is 13.8 Å². The van der Waals surface area contributed by atoms with E-state index in [0.717, 1.165) is 76.7 Å². The minimum atomic E-state index is -0.117. The molecule has 0 unspecified atom stereocenters. The van der Waals surface area contributed by atoms with Crippen LogP contribution in [0.2, 0.25) is 0 Å². The average molecular weight is 1100 g/mol. The summed E-state index contributed by atoms with van der Waals surface area (Å²) in [6, 6.07) is 54.9. The van der Waals surface area contributed by atoms with Gasteiger partial charge < -0.3 is 0 Å².